The Kier molecular flexibility index (Phi) is 5.09. The molecule has 18 heavy (non-hydrogen) atoms. The molecule has 0 heterocycles. The number of likely N-dealkylation sites (N-methyl/N-ethyl adjacent to an activating group) is 1. The first-order valence-corrected chi connectivity index (χ1v) is 5.73. The zero-order chi connectivity index (χ0) is 13.7. The lowest BCUT2D eigenvalue weighted by Crippen LogP contribution is -2.36. The largest absolute Gasteiger partial charge is 0.483 e. The SMILES string of the molecule is CC(C)N(C)C(=O)COc1ccc(F)cc1CO. The molecule has 4 nitrogen and oxygen atoms in total. The first-order valence-electron chi connectivity index (χ1n) is 5.73. The number of carbonyl (C=O) groups excluding carboxylic acids is 1. The average Bonchev–Trinajstić information content (AvgIpc) is 2.35. The number of nitrogens with zero attached hydrogens (tertiary/aromatic N) is 1. The van der Waals surface area contributed by atoms with Gasteiger partial charge in [-0.1, -0.05) is 0 Å². The summed E-state index contributed by atoms with van der Waals surface area (Å²) >= 11 is 0. The Bertz CT molecular complexity index is 421. The van der Waals surface area contributed by atoms with Gasteiger partial charge in [-0.3, -0.25) is 4.79 Å². The second-order valence-electron chi connectivity index (χ2n) is 4.30. The molecule has 1 rings (SSSR count). The van der Waals surface area contributed by atoms with Gasteiger partial charge in [0.15, 0.2) is 6.61 Å². The molecule has 1 aromatic rings. The number of rotatable bonds is 5. The van der Waals surface area contributed by atoms with E-state index in [2.05, 4.69) is 0 Å². The number of carbonyl (C=O) groups is 1. The molecule has 0 saturated heterocycles. The molecular weight excluding hydrogens is 237 g/mol. The Hall–Kier alpha value is -1.62. The molecule has 0 aliphatic carbocycles. The third kappa shape index (κ3) is 3.70. The second kappa shape index (κ2) is 6.35. The number of amides is 1. The van der Waals surface area contributed by atoms with Crippen molar-refractivity contribution in [1.82, 2.24) is 4.90 Å². The van der Waals surface area contributed by atoms with Crippen LogP contribution in [0.3, 0.4) is 0 Å². The molecule has 0 fully saturated rings. The van der Waals surface area contributed by atoms with Crippen molar-refractivity contribution in [2.75, 3.05) is 13.7 Å². The molecule has 1 amide bonds. The summed E-state index contributed by atoms with van der Waals surface area (Å²) in [7, 11) is 1.69. The van der Waals surface area contributed by atoms with Gasteiger partial charge in [0.1, 0.15) is 11.6 Å². The van der Waals surface area contributed by atoms with E-state index in [0.717, 1.165) is 0 Å². The summed E-state index contributed by atoms with van der Waals surface area (Å²) in [5, 5.41) is 9.06. The van der Waals surface area contributed by atoms with E-state index in [1.165, 1.54) is 18.2 Å². The molecule has 0 atom stereocenters. The van der Waals surface area contributed by atoms with Crippen LogP contribution in [-0.4, -0.2) is 35.6 Å². The number of aliphatic hydroxyl groups excluding tert-OH is 1. The highest BCUT2D eigenvalue weighted by atomic mass is 19.1. The van der Waals surface area contributed by atoms with Crippen molar-refractivity contribution in [3.8, 4) is 5.75 Å². The molecule has 0 aromatic heterocycles. The van der Waals surface area contributed by atoms with Gasteiger partial charge in [0.05, 0.1) is 6.61 Å². The maximum Gasteiger partial charge on any atom is 0.260 e. The summed E-state index contributed by atoms with van der Waals surface area (Å²) in [4.78, 5) is 13.2. The van der Waals surface area contributed by atoms with Gasteiger partial charge < -0.3 is 14.7 Å². The quantitative estimate of drug-likeness (QED) is 0.868. The number of halogens is 1. The molecule has 5 heteroatoms. The predicted octanol–water partition coefficient (Wildman–Crippen LogP) is 1.56. The first-order chi connectivity index (χ1) is 8.45. The Balaban J connectivity index is 2.66. The third-order valence-electron chi connectivity index (χ3n) is 2.71. The van der Waals surface area contributed by atoms with E-state index in [0.29, 0.717) is 11.3 Å². The summed E-state index contributed by atoms with van der Waals surface area (Å²) in [6.07, 6.45) is 0. The first kappa shape index (κ1) is 14.4. The van der Waals surface area contributed by atoms with E-state index in [4.69, 9.17) is 9.84 Å². The van der Waals surface area contributed by atoms with Crippen LogP contribution < -0.4 is 4.74 Å². The van der Waals surface area contributed by atoms with Crippen molar-refractivity contribution in [3.63, 3.8) is 0 Å². The van der Waals surface area contributed by atoms with Gasteiger partial charge in [-0.15, -0.1) is 0 Å². The summed E-state index contributed by atoms with van der Waals surface area (Å²) < 4.78 is 18.2. The van der Waals surface area contributed by atoms with Gasteiger partial charge in [-0.2, -0.15) is 0 Å². The normalized spacial score (nSPS) is 10.6. The maximum absolute atomic E-state index is 12.9. The van der Waals surface area contributed by atoms with Crippen LogP contribution in [0.1, 0.15) is 19.4 Å². The van der Waals surface area contributed by atoms with E-state index >= 15 is 0 Å². The van der Waals surface area contributed by atoms with Gasteiger partial charge in [0.25, 0.3) is 5.91 Å². The molecule has 0 spiro atoms. The highest BCUT2D eigenvalue weighted by Crippen LogP contribution is 2.19. The van der Waals surface area contributed by atoms with Gasteiger partial charge >= 0.3 is 0 Å². The van der Waals surface area contributed by atoms with Gasteiger partial charge in [0.2, 0.25) is 0 Å². The van der Waals surface area contributed by atoms with Crippen molar-refractivity contribution in [3.05, 3.63) is 29.6 Å². The number of aliphatic hydroxyl groups is 1. The molecule has 0 aliphatic rings. The molecule has 1 N–H and O–H groups in total. The minimum absolute atomic E-state index is 0.0895. The highest BCUT2D eigenvalue weighted by molar-refractivity contribution is 5.77. The standard InChI is InChI=1S/C13H18FNO3/c1-9(2)15(3)13(17)8-18-12-5-4-11(14)6-10(12)7-16/h4-6,9,16H,7-8H2,1-3H3. The van der Waals surface area contributed by atoms with Crippen LogP contribution in [0, 0.1) is 5.82 Å². The summed E-state index contributed by atoms with van der Waals surface area (Å²) in [6.45, 7) is 3.33. The lowest BCUT2D eigenvalue weighted by atomic mass is 10.2. The van der Waals surface area contributed by atoms with Crippen LogP contribution in [0.25, 0.3) is 0 Å². The number of hydrogen-bond acceptors (Lipinski definition) is 3. The van der Waals surface area contributed by atoms with Crippen LogP contribution in [0.15, 0.2) is 18.2 Å². The van der Waals surface area contributed by atoms with Crippen LogP contribution in [0.2, 0.25) is 0 Å². The van der Waals surface area contributed by atoms with E-state index in [1.54, 1.807) is 11.9 Å². The zero-order valence-corrected chi connectivity index (χ0v) is 10.8. The Morgan fingerprint density at radius 1 is 1.50 bits per heavy atom. The molecule has 0 unspecified atom stereocenters. The molecule has 0 aliphatic heterocycles. The van der Waals surface area contributed by atoms with Crippen molar-refractivity contribution in [1.29, 1.82) is 0 Å². The Morgan fingerprint density at radius 3 is 2.72 bits per heavy atom. The average molecular weight is 255 g/mol. The van der Waals surface area contributed by atoms with Crippen LogP contribution in [-0.2, 0) is 11.4 Å². The van der Waals surface area contributed by atoms with Crippen molar-refractivity contribution < 1.29 is 19.0 Å². The molecule has 0 bridgehead atoms. The van der Waals surface area contributed by atoms with E-state index in [1.807, 2.05) is 13.8 Å². The molecule has 1 aromatic carbocycles. The summed E-state index contributed by atoms with van der Waals surface area (Å²) in [5.41, 5.74) is 0.329. The van der Waals surface area contributed by atoms with Crippen LogP contribution in [0.5, 0.6) is 5.75 Å². The second-order valence-corrected chi connectivity index (χ2v) is 4.30. The van der Waals surface area contributed by atoms with Crippen LogP contribution in [0.4, 0.5) is 4.39 Å². The topological polar surface area (TPSA) is 49.8 Å². The van der Waals surface area contributed by atoms with Crippen LogP contribution >= 0.6 is 0 Å². The summed E-state index contributed by atoms with van der Waals surface area (Å²) in [5.74, 6) is -0.292. The number of ether oxygens (including phenoxy) is 1. The maximum atomic E-state index is 12.9. The molecule has 0 radical (unpaired) electrons. The van der Waals surface area contributed by atoms with Gasteiger partial charge in [-0.05, 0) is 32.0 Å². The molecule has 100 valence electrons. The minimum Gasteiger partial charge on any atom is -0.483 e. The summed E-state index contributed by atoms with van der Waals surface area (Å²) in [6, 6.07) is 3.91. The third-order valence-corrected chi connectivity index (χ3v) is 2.71. The molecule has 0 saturated carbocycles. The number of hydrogen-bond donors (Lipinski definition) is 1. The predicted molar refractivity (Wildman–Crippen MR) is 65.7 cm³/mol. The zero-order valence-electron chi connectivity index (χ0n) is 10.8. The fraction of sp³-hybridized carbons (Fsp3) is 0.462. The highest BCUT2D eigenvalue weighted by Gasteiger charge is 2.13. The molecular formula is C13H18FNO3. The monoisotopic (exact) mass is 255 g/mol. The minimum atomic E-state index is -0.447. The van der Waals surface area contributed by atoms with E-state index < -0.39 is 5.82 Å². The van der Waals surface area contributed by atoms with E-state index in [-0.39, 0.29) is 25.2 Å². The Morgan fingerprint density at radius 2 is 2.17 bits per heavy atom. The van der Waals surface area contributed by atoms with Gasteiger partial charge in [0, 0.05) is 18.7 Å². The van der Waals surface area contributed by atoms with Gasteiger partial charge in [-0.25, -0.2) is 4.39 Å². The van der Waals surface area contributed by atoms with Crippen molar-refractivity contribution in [2.45, 2.75) is 26.5 Å². The van der Waals surface area contributed by atoms with Crippen molar-refractivity contribution in [2.24, 2.45) is 0 Å². The van der Waals surface area contributed by atoms with Crippen molar-refractivity contribution >= 4 is 5.91 Å². The number of benzene rings is 1. The lowest BCUT2D eigenvalue weighted by molar-refractivity contribution is -0.133. The smallest absolute Gasteiger partial charge is 0.260 e. The fourth-order valence-electron chi connectivity index (χ4n) is 1.34. The lowest BCUT2D eigenvalue weighted by Gasteiger charge is -2.21. The van der Waals surface area contributed by atoms with E-state index in [9.17, 15) is 9.18 Å². The fourth-order valence-corrected chi connectivity index (χ4v) is 1.34. The Labute approximate surface area is 106 Å².